The van der Waals surface area contributed by atoms with E-state index in [4.69, 9.17) is 5.11 Å². The number of fused-ring (bicyclic) bond motifs is 1. The van der Waals surface area contributed by atoms with Gasteiger partial charge in [0.25, 0.3) is 11.8 Å². The number of carboxylic acid groups (broad SMARTS) is 2. The Kier molecular flexibility index (Phi) is 15.8. The van der Waals surface area contributed by atoms with E-state index >= 15 is 0 Å². The molecule has 3 aromatic carbocycles. The normalized spacial score (nSPS) is 14.0. The first-order valence-electron chi connectivity index (χ1n) is 20.3. The molecule has 2 heterocycles. The standard InChI is InChI=1S/C39H41N3O7S.C7H15N/c1-39(2,38(48)49)21-20-32(43)40-23-26-6-5-7-28(22-26)34(44)42-36-33(30-8-3-4-9-31(30)50-36)35(45)41-29-18-14-25(15-19-29)11-10-24-12-16-27(17-13-24)37(46)47;1-2-7-3-5-8-6-4-7/h5-7,12-19,22H,3-4,8-11,20-21,23H2,1-2H3,(H,40,43)(H,41,45)(H,42,44)(H,46,47)(H,48,49);7-8H,2-6H2,1H3. The monoisotopic (exact) mass is 808 g/mol. The van der Waals surface area contributed by atoms with Gasteiger partial charge in [0.1, 0.15) is 5.00 Å². The second kappa shape index (κ2) is 20.9. The molecular formula is C46H56N4O7S. The number of hydrogen-bond donors (Lipinski definition) is 6. The van der Waals surface area contributed by atoms with E-state index in [0.717, 1.165) is 66.0 Å². The van der Waals surface area contributed by atoms with E-state index in [1.54, 1.807) is 50.2 Å². The molecule has 4 aromatic rings. The van der Waals surface area contributed by atoms with Crippen LogP contribution in [-0.4, -0.2) is 53.0 Å². The molecule has 0 saturated carbocycles. The molecule has 308 valence electrons. The Morgan fingerprint density at radius 3 is 2.07 bits per heavy atom. The molecule has 0 spiro atoms. The van der Waals surface area contributed by atoms with Gasteiger partial charge in [0.15, 0.2) is 0 Å². The summed E-state index contributed by atoms with van der Waals surface area (Å²) in [6, 6.07) is 21.4. The van der Waals surface area contributed by atoms with E-state index in [-0.39, 0.29) is 42.7 Å². The predicted molar refractivity (Wildman–Crippen MR) is 229 cm³/mol. The number of carbonyl (C=O) groups excluding carboxylic acids is 3. The fourth-order valence-electron chi connectivity index (χ4n) is 7.05. The van der Waals surface area contributed by atoms with Gasteiger partial charge in [-0.15, -0.1) is 11.3 Å². The van der Waals surface area contributed by atoms with E-state index in [1.165, 1.54) is 43.7 Å². The Bertz CT molecular complexity index is 2050. The van der Waals surface area contributed by atoms with Crippen LogP contribution < -0.4 is 21.3 Å². The Labute approximate surface area is 345 Å². The molecule has 2 aliphatic rings. The van der Waals surface area contributed by atoms with E-state index in [1.807, 2.05) is 36.4 Å². The molecule has 1 aromatic heterocycles. The van der Waals surface area contributed by atoms with Gasteiger partial charge in [-0.25, -0.2) is 4.79 Å². The van der Waals surface area contributed by atoms with E-state index in [2.05, 4.69) is 28.2 Å². The first-order chi connectivity index (χ1) is 27.8. The molecule has 0 bridgehead atoms. The van der Waals surface area contributed by atoms with Crippen molar-refractivity contribution in [1.29, 1.82) is 0 Å². The van der Waals surface area contributed by atoms with Crippen molar-refractivity contribution in [3.05, 3.63) is 117 Å². The lowest BCUT2D eigenvalue weighted by Crippen LogP contribution is -2.28. The fraction of sp³-hybridized carbons (Fsp3) is 0.413. The van der Waals surface area contributed by atoms with Crippen molar-refractivity contribution < 1.29 is 34.2 Å². The van der Waals surface area contributed by atoms with Crippen molar-refractivity contribution in [3.63, 3.8) is 0 Å². The van der Waals surface area contributed by atoms with Crippen molar-refractivity contribution in [2.24, 2.45) is 11.3 Å². The van der Waals surface area contributed by atoms with Crippen LogP contribution in [0.4, 0.5) is 10.7 Å². The summed E-state index contributed by atoms with van der Waals surface area (Å²) in [5.74, 6) is -1.80. The zero-order valence-electron chi connectivity index (χ0n) is 33.7. The molecule has 12 heteroatoms. The topological polar surface area (TPSA) is 174 Å². The molecule has 0 atom stereocenters. The highest BCUT2D eigenvalue weighted by Crippen LogP contribution is 2.39. The van der Waals surface area contributed by atoms with Crippen LogP contribution in [0.1, 0.15) is 124 Å². The fourth-order valence-corrected chi connectivity index (χ4v) is 8.34. The van der Waals surface area contributed by atoms with Crippen LogP contribution in [0.3, 0.4) is 0 Å². The van der Waals surface area contributed by atoms with Crippen LogP contribution in [0.25, 0.3) is 0 Å². The third-order valence-electron chi connectivity index (χ3n) is 11.0. The maximum absolute atomic E-state index is 13.7. The minimum absolute atomic E-state index is 0.0734. The Morgan fingerprint density at radius 2 is 1.45 bits per heavy atom. The third kappa shape index (κ3) is 12.6. The lowest BCUT2D eigenvalue weighted by Gasteiger charge is -2.20. The summed E-state index contributed by atoms with van der Waals surface area (Å²) in [5.41, 5.74) is 4.57. The van der Waals surface area contributed by atoms with Gasteiger partial charge in [-0.1, -0.05) is 49.7 Å². The average molecular weight is 809 g/mol. The van der Waals surface area contributed by atoms with Crippen LogP contribution in [0.2, 0.25) is 0 Å². The van der Waals surface area contributed by atoms with Gasteiger partial charge in [0.2, 0.25) is 5.91 Å². The number of amides is 3. The molecule has 1 fully saturated rings. The Hall–Kier alpha value is -5.33. The molecule has 6 rings (SSSR count). The maximum atomic E-state index is 13.7. The molecule has 3 amide bonds. The minimum Gasteiger partial charge on any atom is -0.481 e. The van der Waals surface area contributed by atoms with E-state index < -0.39 is 17.4 Å². The summed E-state index contributed by atoms with van der Waals surface area (Å²) >= 11 is 1.44. The number of aryl methyl sites for hydroxylation is 3. The van der Waals surface area contributed by atoms with Crippen molar-refractivity contribution in [2.75, 3.05) is 23.7 Å². The number of benzene rings is 3. The SMILES string of the molecule is CC(C)(CCC(=O)NCc1cccc(C(=O)Nc2sc3c(c2C(=O)Nc2ccc(CCc4ccc(C(=O)O)cc4)cc2)CCCC3)c1)C(=O)O.CCC1CCNCC1. The van der Waals surface area contributed by atoms with Gasteiger partial charge >= 0.3 is 11.9 Å². The molecule has 11 nitrogen and oxygen atoms in total. The lowest BCUT2D eigenvalue weighted by molar-refractivity contribution is -0.147. The van der Waals surface area contributed by atoms with Crippen molar-refractivity contribution >= 4 is 51.7 Å². The van der Waals surface area contributed by atoms with Gasteiger partial charge in [-0.05, 0) is 149 Å². The molecule has 0 unspecified atom stereocenters. The Morgan fingerprint density at radius 1 is 0.793 bits per heavy atom. The first-order valence-corrected chi connectivity index (χ1v) is 21.1. The highest BCUT2D eigenvalue weighted by molar-refractivity contribution is 7.17. The first kappa shape index (κ1) is 43.8. The molecule has 1 aliphatic carbocycles. The third-order valence-corrected chi connectivity index (χ3v) is 12.2. The second-order valence-electron chi connectivity index (χ2n) is 15.8. The van der Waals surface area contributed by atoms with Crippen LogP contribution in [-0.2, 0) is 41.8 Å². The van der Waals surface area contributed by atoms with Gasteiger partial charge in [0, 0.05) is 29.1 Å². The van der Waals surface area contributed by atoms with Crippen LogP contribution in [0, 0.1) is 11.3 Å². The number of anilines is 2. The van der Waals surface area contributed by atoms with Gasteiger partial charge < -0.3 is 31.5 Å². The zero-order valence-corrected chi connectivity index (χ0v) is 34.6. The van der Waals surface area contributed by atoms with Crippen molar-refractivity contribution in [3.8, 4) is 0 Å². The average Bonchev–Trinajstić information content (AvgIpc) is 3.60. The molecule has 0 radical (unpaired) electrons. The number of aliphatic carboxylic acids is 1. The number of rotatable bonds is 15. The Balaban J connectivity index is 0.000000714. The quantitative estimate of drug-likeness (QED) is 0.0693. The number of hydrogen-bond acceptors (Lipinski definition) is 7. The lowest BCUT2D eigenvalue weighted by atomic mass is 9.88. The number of carboxylic acids is 2. The minimum atomic E-state index is -1.00. The molecule has 6 N–H and O–H groups in total. The molecule has 58 heavy (non-hydrogen) atoms. The highest BCUT2D eigenvalue weighted by atomic mass is 32.1. The number of thiophene rings is 1. The molecule has 1 saturated heterocycles. The van der Waals surface area contributed by atoms with Crippen molar-refractivity contribution in [2.45, 2.75) is 97.9 Å². The summed E-state index contributed by atoms with van der Waals surface area (Å²) in [4.78, 5) is 63.1. The van der Waals surface area contributed by atoms with Crippen LogP contribution >= 0.6 is 11.3 Å². The molecule has 1 aliphatic heterocycles. The van der Waals surface area contributed by atoms with Crippen LogP contribution in [0.15, 0.2) is 72.8 Å². The largest absolute Gasteiger partial charge is 0.481 e. The number of nitrogens with one attached hydrogen (secondary N) is 4. The smallest absolute Gasteiger partial charge is 0.335 e. The van der Waals surface area contributed by atoms with Gasteiger partial charge in [0.05, 0.1) is 16.5 Å². The number of piperidine rings is 1. The summed E-state index contributed by atoms with van der Waals surface area (Å²) in [5, 5.41) is 31.0. The predicted octanol–water partition coefficient (Wildman–Crippen LogP) is 8.52. The zero-order chi connectivity index (χ0) is 41.7. The number of aromatic carboxylic acids is 1. The number of carbonyl (C=O) groups is 5. The highest BCUT2D eigenvalue weighted by Gasteiger charge is 2.28. The summed E-state index contributed by atoms with van der Waals surface area (Å²) < 4.78 is 0. The summed E-state index contributed by atoms with van der Waals surface area (Å²) in [6.07, 6.45) is 9.56. The van der Waals surface area contributed by atoms with Crippen LogP contribution in [0.5, 0.6) is 0 Å². The van der Waals surface area contributed by atoms with E-state index in [0.29, 0.717) is 27.4 Å². The molecular weight excluding hydrogens is 753 g/mol. The summed E-state index contributed by atoms with van der Waals surface area (Å²) in [6.45, 7) is 8.14. The van der Waals surface area contributed by atoms with Crippen molar-refractivity contribution in [1.82, 2.24) is 10.6 Å². The second-order valence-corrected chi connectivity index (χ2v) is 16.9. The van der Waals surface area contributed by atoms with Gasteiger partial charge in [-0.2, -0.15) is 0 Å². The van der Waals surface area contributed by atoms with Gasteiger partial charge in [-0.3, -0.25) is 19.2 Å². The summed E-state index contributed by atoms with van der Waals surface area (Å²) in [7, 11) is 0. The maximum Gasteiger partial charge on any atom is 0.335 e. The van der Waals surface area contributed by atoms with E-state index in [9.17, 15) is 29.1 Å².